The number of halogens is 1. The molecule has 0 radical (unpaired) electrons. The van der Waals surface area contributed by atoms with Gasteiger partial charge in [-0.3, -0.25) is 9.52 Å². The van der Waals surface area contributed by atoms with Gasteiger partial charge in [0.25, 0.3) is 15.9 Å². The maximum absolute atomic E-state index is 14.4. The van der Waals surface area contributed by atoms with Gasteiger partial charge in [-0.05, 0) is 87.7 Å². The number of anilines is 2. The minimum absolute atomic E-state index is 0.00752. The van der Waals surface area contributed by atoms with Gasteiger partial charge in [0.05, 0.1) is 35.3 Å². The van der Waals surface area contributed by atoms with Crippen LogP contribution in [0.3, 0.4) is 0 Å². The fourth-order valence-electron chi connectivity index (χ4n) is 5.82. The first-order valence-corrected chi connectivity index (χ1v) is 18.7. The fourth-order valence-corrected chi connectivity index (χ4v) is 7.00. The van der Waals surface area contributed by atoms with E-state index in [1.165, 1.54) is 40.1 Å². The van der Waals surface area contributed by atoms with E-state index in [9.17, 15) is 23.1 Å². The quantitative estimate of drug-likeness (QED) is 0.258. The second kappa shape index (κ2) is 16.9. The Morgan fingerprint density at radius 3 is 2.47 bits per heavy atom. The lowest BCUT2D eigenvalue weighted by Gasteiger charge is -2.35. The number of likely N-dealkylation sites (N-methyl/N-ethyl adjacent to an activating group) is 1. The number of aliphatic hydroxyl groups excluding tert-OH is 1. The number of carbonyl (C=O) groups excluding carboxylic acids is 2. The topological polar surface area (TPSA) is 156 Å². The second-order valence-electron chi connectivity index (χ2n) is 12.9. The van der Waals surface area contributed by atoms with Crippen molar-refractivity contribution in [3.8, 4) is 17.2 Å². The standard InChI is InChI=1S/C36H45ClN4O9S/c1-23-19-41(24(2)21-42)35(43)30-17-28(39-51(45,46)29-12-8-26(37)9-13-29)11-14-31(30)50-25(3)7-5-6-16-47-34(23)20-40(4)36(44)38-27-10-15-32-33(18-27)49-22-48-32/h8-15,17-18,23-25,34,39,42H,5-7,16,19-22H2,1-4H3,(H,38,44)/t23-,24-,25-,34+/m1/s1. The molecule has 3 aromatic rings. The predicted octanol–water partition coefficient (Wildman–Crippen LogP) is 5.83. The number of benzene rings is 3. The Bertz CT molecular complexity index is 1790. The molecule has 15 heteroatoms. The highest BCUT2D eigenvalue weighted by Gasteiger charge is 2.31. The first-order valence-electron chi connectivity index (χ1n) is 16.9. The van der Waals surface area contributed by atoms with Crippen molar-refractivity contribution < 1.29 is 42.1 Å². The largest absolute Gasteiger partial charge is 0.490 e. The van der Waals surface area contributed by atoms with Gasteiger partial charge in [0.15, 0.2) is 11.5 Å². The molecule has 0 aromatic heterocycles. The van der Waals surface area contributed by atoms with Gasteiger partial charge in [-0.1, -0.05) is 18.5 Å². The van der Waals surface area contributed by atoms with Gasteiger partial charge < -0.3 is 39.2 Å². The highest BCUT2D eigenvalue weighted by atomic mass is 35.5. The molecule has 0 saturated carbocycles. The molecular formula is C36H45ClN4O9S. The lowest BCUT2D eigenvalue weighted by atomic mass is 10.0. The third-order valence-electron chi connectivity index (χ3n) is 8.85. The summed E-state index contributed by atoms with van der Waals surface area (Å²) in [6.07, 6.45) is 1.49. The van der Waals surface area contributed by atoms with E-state index in [1.807, 2.05) is 13.8 Å². The molecule has 4 atom stereocenters. The fraction of sp³-hybridized carbons (Fsp3) is 0.444. The van der Waals surface area contributed by atoms with Crippen molar-refractivity contribution in [2.45, 2.75) is 63.2 Å². The van der Waals surface area contributed by atoms with Crippen LogP contribution in [-0.4, -0.2) is 93.7 Å². The van der Waals surface area contributed by atoms with E-state index in [-0.39, 0.29) is 60.7 Å². The van der Waals surface area contributed by atoms with Crippen LogP contribution in [0.4, 0.5) is 16.2 Å². The molecule has 0 bridgehead atoms. The van der Waals surface area contributed by atoms with Crippen LogP contribution < -0.4 is 24.2 Å². The van der Waals surface area contributed by atoms with Crippen LogP contribution in [0.1, 0.15) is 50.4 Å². The van der Waals surface area contributed by atoms with Gasteiger partial charge >= 0.3 is 6.03 Å². The molecule has 0 spiro atoms. The zero-order chi connectivity index (χ0) is 36.7. The summed E-state index contributed by atoms with van der Waals surface area (Å²) in [5.41, 5.74) is 0.852. The smallest absolute Gasteiger partial charge is 0.321 e. The summed E-state index contributed by atoms with van der Waals surface area (Å²) in [7, 11) is -2.33. The van der Waals surface area contributed by atoms with Crippen LogP contribution in [0.25, 0.3) is 0 Å². The summed E-state index contributed by atoms with van der Waals surface area (Å²) in [6.45, 7) is 6.20. The lowest BCUT2D eigenvalue weighted by Crippen LogP contribution is -2.48. The van der Waals surface area contributed by atoms with Gasteiger partial charge in [0.1, 0.15) is 5.75 Å². The number of aliphatic hydroxyl groups is 1. The third-order valence-corrected chi connectivity index (χ3v) is 10.5. The summed E-state index contributed by atoms with van der Waals surface area (Å²) in [6, 6.07) is 14.5. The van der Waals surface area contributed by atoms with Gasteiger partial charge in [0.2, 0.25) is 6.79 Å². The molecule has 2 aliphatic heterocycles. The number of fused-ring (bicyclic) bond motifs is 2. The van der Waals surface area contributed by atoms with E-state index >= 15 is 0 Å². The molecule has 276 valence electrons. The van der Waals surface area contributed by atoms with E-state index < -0.39 is 28.1 Å². The van der Waals surface area contributed by atoms with E-state index in [2.05, 4.69) is 10.0 Å². The van der Waals surface area contributed by atoms with E-state index in [4.69, 9.17) is 30.5 Å². The Morgan fingerprint density at radius 1 is 1.02 bits per heavy atom. The molecule has 0 aliphatic carbocycles. The first kappa shape index (κ1) is 38.0. The Kier molecular flexibility index (Phi) is 12.6. The van der Waals surface area contributed by atoms with Crippen molar-refractivity contribution in [1.29, 1.82) is 0 Å². The Hall–Kier alpha value is -4.24. The van der Waals surface area contributed by atoms with Crippen molar-refractivity contribution in [3.63, 3.8) is 0 Å². The third kappa shape index (κ3) is 9.76. The Morgan fingerprint density at radius 2 is 1.73 bits per heavy atom. The normalized spacial score (nSPS) is 20.4. The van der Waals surface area contributed by atoms with Gasteiger partial charge in [-0.2, -0.15) is 0 Å². The van der Waals surface area contributed by atoms with Crippen molar-refractivity contribution >= 4 is 44.9 Å². The van der Waals surface area contributed by atoms with Crippen LogP contribution in [0.15, 0.2) is 65.6 Å². The van der Waals surface area contributed by atoms with Crippen LogP contribution in [0.5, 0.6) is 17.2 Å². The number of nitrogens with zero attached hydrogens (tertiary/aromatic N) is 2. The molecule has 3 amide bonds. The summed E-state index contributed by atoms with van der Waals surface area (Å²) >= 11 is 5.95. The number of ether oxygens (including phenoxy) is 4. The summed E-state index contributed by atoms with van der Waals surface area (Å²) < 4.78 is 52.4. The second-order valence-corrected chi connectivity index (χ2v) is 15.1. The molecule has 0 saturated heterocycles. The number of sulfonamides is 1. The first-order chi connectivity index (χ1) is 24.3. The molecule has 5 rings (SSSR count). The molecular weight excluding hydrogens is 700 g/mol. The number of rotatable bonds is 8. The van der Waals surface area contributed by atoms with Crippen molar-refractivity contribution in [3.05, 3.63) is 71.2 Å². The van der Waals surface area contributed by atoms with E-state index in [1.54, 1.807) is 44.3 Å². The van der Waals surface area contributed by atoms with Gasteiger partial charge in [-0.25, -0.2) is 13.2 Å². The molecule has 2 aliphatic rings. The molecule has 51 heavy (non-hydrogen) atoms. The minimum Gasteiger partial charge on any atom is -0.490 e. The van der Waals surface area contributed by atoms with Gasteiger partial charge in [-0.15, -0.1) is 0 Å². The zero-order valence-corrected chi connectivity index (χ0v) is 30.7. The number of hydrogen-bond acceptors (Lipinski definition) is 9. The van der Waals surface area contributed by atoms with Gasteiger partial charge in [0, 0.05) is 55.1 Å². The Labute approximate surface area is 303 Å². The van der Waals surface area contributed by atoms with Crippen LogP contribution in [0, 0.1) is 5.92 Å². The number of amides is 3. The van der Waals surface area contributed by atoms with E-state index in [0.717, 1.165) is 12.8 Å². The molecule has 2 heterocycles. The van der Waals surface area contributed by atoms with Crippen LogP contribution in [-0.2, 0) is 14.8 Å². The highest BCUT2D eigenvalue weighted by molar-refractivity contribution is 7.92. The van der Waals surface area contributed by atoms with Crippen molar-refractivity contribution in [1.82, 2.24) is 9.80 Å². The SMILES string of the molecule is C[C@@H]1CCCCO[C@@H](CN(C)C(=O)Nc2ccc3c(c2)OCO3)[C@H](C)CN([C@H](C)CO)C(=O)c2cc(NS(=O)(=O)c3ccc(Cl)cc3)ccc2O1. The lowest BCUT2D eigenvalue weighted by molar-refractivity contribution is -0.0115. The van der Waals surface area contributed by atoms with Crippen molar-refractivity contribution in [2.75, 3.05) is 50.2 Å². The summed E-state index contributed by atoms with van der Waals surface area (Å²) in [4.78, 5) is 30.7. The molecule has 0 fully saturated rings. The van der Waals surface area contributed by atoms with Crippen LogP contribution >= 0.6 is 11.6 Å². The average molecular weight is 745 g/mol. The number of urea groups is 1. The predicted molar refractivity (Wildman–Crippen MR) is 193 cm³/mol. The average Bonchev–Trinajstić information content (AvgIpc) is 3.57. The van der Waals surface area contributed by atoms with E-state index in [0.29, 0.717) is 41.0 Å². The maximum Gasteiger partial charge on any atom is 0.321 e. The van der Waals surface area contributed by atoms with Crippen LogP contribution in [0.2, 0.25) is 5.02 Å². The highest BCUT2D eigenvalue weighted by Crippen LogP contribution is 2.34. The monoisotopic (exact) mass is 744 g/mol. The number of hydrogen-bond donors (Lipinski definition) is 3. The number of nitrogens with one attached hydrogen (secondary N) is 2. The Balaban J connectivity index is 1.39. The molecule has 3 N–H and O–H groups in total. The molecule has 0 unspecified atom stereocenters. The molecule has 3 aromatic carbocycles. The minimum atomic E-state index is -4.01. The zero-order valence-electron chi connectivity index (χ0n) is 29.1. The van der Waals surface area contributed by atoms with Crippen molar-refractivity contribution in [2.24, 2.45) is 5.92 Å². The molecule has 13 nitrogen and oxygen atoms in total. The number of carbonyl (C=O) groups is 2. The summed E-state index contributed by atoms with van der Waals surface area (Å²) in [5.74, 6) is 0.714. The summed E-state index contributed by atoms with van der Waals surface area (Å²) in [5, 5.41) is 13.5. The maximum atomic E-state index is 14.4.